The predicted molar refractivity (Wildman–Crippen MR) is 75.6 cm³/mol. The monoisotopic (exact) mass is 333 g/mol. The van der Waals surface area contributed by atoms with Crippen LogP contribution in [0.4, 0.5) is 5.95 Å². The fourth-order valence-corrected chi connectivity index (χ4v) is 2.42. The first-order valence-corrected chi connectivity index (χ1v) is 6.47. The number of nitrogens with one attached hydrogen (secondary N) is 1. The van der Waals surface area contributed by atoms with E-state index >= 15 is 0 Å². The largest absolute Gasteiger partial charge is 0.358 e. The number of halogens is 3. The summed E-state index contributed by atoms with van der Waals surface area (Å²) in [6, 6.07) is 3.75. The highest BCUT2D eigenvalue weighted by molar-refractivity contribution is 9.10. The zero-order valence-corrected chi connectivity index (χ0v) is 12.4. The molecule has 0 saturated heterocycles. The lowest BCUT2D eigenvalue weighted by Crippen LogP contribution is -2.01. The third-order valence-electron chi connectivity index (χ3n) is 2.32. The van der Waals surface area contributed by atoms with Crippen molar-refractivity contribution >= 4 is 45.1 Å². The van der Waals surface area contributed by atoms with Gasteiger partial charge in [-0.15, -0.1) is 0 Å². The maximum absolute atomic E-state index is 6.23. The number of imidazole rings is 1. The lowest BCUT2D eigenvalue weighted by atomic mass is 10.3. The predicted octanol–water partition coefficient (Wildman–Crippen LogP) is 4.29. The number of hydrogen-bond donors (Lipinski definition) is 1. The smallest absolute Gasteiger partial charge is 0.207 e. The van der Waals surface area contributed by atoms with Crippen molar-refractivity contribution in [2.24, 2.45) is 0 Å². The number of benzene rings is 1. The Labute approximate surface area is 118 Å². The van der Waals surface area contributed by atoms with Crippen molar-refractivity contribution in [1.82, 2.24) is 9.55 Å². The van der Waals surface area contributed by atoms with Crippen LogP contribution >= 0.6 is 39.1 Å². The van der Waals surface area contributed by atoms with Gasteiger partial charge < -0.3 is 5.32 Å². The summed E-state index contributed by atoms with van der Waals surface area (Å²) in [4.78, 5) is 4.34. The Balaban J connectivity index is 2.64. The molecule has 0 unspecified atom stereocenters. The highest BCUT2D eigenvalue weighted by Gasteiger charge is 2.13. The van der Waals surface area contributed by atoms with Gasteiger partial charge in [-0.25, -0.2) is 4.98 Å². The van der Waals surface area contributed by atoms with Crippen molar-refractivity contribution in [3.05, 3.63) is 38.5 Å². The summed E-state index contributed by atoms with van der Waals surface area (Å²) in [5, 5.41) is 4.01. The maximum atomic E-state index is 6.23. The molecule has 0 aliphatic rings. The topological polar surface area (TPSA) is 29.9 Å². The molecule has 0 amide bonds. The van der Waals surface area contributed by atoms with E-state index in [1.807, 2.05) is 36.9 Å². The van der Waals surface area contributed by atoms with Crippen molar-refractivity contribution in [1.29, 1.82) is 0 Å². The first-order valence-electron chi connectivity index (χ1n) is 4.92. The van der Waals surface area contributed by atoms with E-state index in [1.54, 1.807) is 0 Å². The molecule has 90 valence electrons. The van der Waals surface area contributed by atoms with E-state index < -0.39 is 0 Å². The van der Waals surface area contributed by atoms with Gasteiger partial charge in [0.1, 0.15) is 0 Å². The average Bonchev–Trinajstić information content (AvgIpc) is 2.67. The summed E-state index contributed by atoms with van der Waals surface area (Å²) < 4.78 is 2.64. The van der Waals surface area contributed by atoms with Gasteiger partial charge in [0, 0.05) is 17.7 Å². The Hall–Kier alpha value is -0.710. The molecule has 1 N–H and O–H groups in total. The summed E-state index contributed by atoms with van der Waals surface area (Å²) in [6.45, 7) is 1.92. The Morgan fingerprint density at radius 3 is 2.65 bits per heavy atom. The van der Waals surface area contributed by atoms with Crippen molar-refractivity contribution in [2.75, 3.05) is 12.4 Å². The minimum absolute atomic E-state index is 0.495. The van der Waals surface area contributed by atoms with Gasteiger partial charge in [-0.2, -0.15) is 0 Å². The molecule has 0 atom stereocenters. The van der Waals surface area contributed by atoms with Gasteiger partial charge in [0.2, 0.25) is 5.95 Å². The van der Waals surface area contributed by atoms with Gasteiger partial charge in [-0.05, 0) is 35.0 Å². The molecule has 0 radical (unpaired) electrons. The number of nitrogens with zero attached hydrogens (tertiary/aromatic N) is 2. The van der Waals surface area contributed by atoms with Gasteiger partial charge >= 0.3 is 0 Å². The molecule has 0 aliphatic heterocycles. The second-order valence-electron chi connectivity index (χ2n) is 3.52. The van der Waals surface area contributed by atoms with Crippen molar-refractivity contribution < 1.29 is 0 Å². The Morgan fingerprint density at radius 1 is 1.29 bits per heavy atom. The molecule has 2 aromatic rings. The Morgan fingerprint density at radius 2 is 2.00 bits per heavy atom. The second kappa shape index (κ2) is 4.88. The van der Waals surface area contributed by atoms with Crippen LogP contribution in [0.5, 0.6) is 0 Å². The van der Waals surface area contributed by atoms with Gasteiger partial charge in [-0.3, -0.25) is 4.57 Å². The molecule has 6 heteroatoms. The fraction of sp³-hybridized carbons (Fsp3) is 0.182. The molecule has 17 heavy (non-hydrogen) atoms. The number of aryl methyl sites for hydroxylation is 1. The molecule has 0 fully saturated rings. The van der Waals surface area contributed by atoms with Crippen LogP contribution in [0.15, 0.2) is 22.8 Å². The van der Waals surface area contributed by atoms with E-state index in [4.69, 9.17) is 23.2 Å². The zero-order valence-electron chi connectivity index (χ0n) is 9.26. The molecule has 1 heterocycles. The van der Waals surface area contributed by atoms with Gasteiger partial charge in [0.05, 0.1) is 21.4 Å². The first kappa shape index (κ1) is 12.7. The van der Waals surface area contributed by atoms with Crippen molar-refractivity contribution in [3.63, 3.8) is 0 Å². The molecule has 0 aliphatic carbocycles. The minimum Gasteiger partial charge on any atom is -0.358 e. The SMILES string of the molecule is CNc1nc(C)cn1-c1ccc(Br)c(Cl)c1Cl. The van der Waals surface area contributed by atoms with Crippen molar-refractivity contribution in [2.45, 2.75) is 6.92 Å². The number of rotatable bonds is 2. The zero-order chi connectivity index (χ0) is 12.6. The number of anilines is 1. The van der Waals surface area contributed by atoms with E-state index in [-0.39, 0.29) is 0 Å². The lowest BCUT2D eigenvalue weighted by Gasteiger charge is -2.10. The Kier molecular flexibility index (Phi) is 3.66. The summed E-state index contributed by atoms with van der Waals surface area (Å²) in [5.41, 5.74) is 1.70. The number of aromatic nitrogens is 2. The first-order chi connectivity index (χ1) is 8.04. The van der Waals surface area contributed by atoms with E-state index in [0.29, 0.717) is 10.0 Å². The van der Waals surface area contributed by atoms with E-state index in [2.05, 4.69) is 26.2 Å². The highest BCUT2D eigenvalue weighted by Crippen LogP contribution is 2.35. The third kappa shape index (κ3) is 2.30. The van der Waals surface area contributed by atoms with Crippen LogP contribution in [-0.2, 0) is 0 Å². The molecule has 2 rings (SSSR count). The van der Waals surface area contributed by atoms with Gasteiger partial charge in [0.15, 0.2) is 0 Å². The van der Waals surface area contributed by atoms with Crippen LogP contribution in [0, 0.1) is 6.92 Å². The molecule has 0 bridgehead atoms. The molecule has 1 aromatic carbocycles. The van der Waals surface area contributed by atoms with E-state index in [9.17, 15) is 0 Å². The molecular formula is C11H10BrCl2N3. The van der Waals surface area contributed by atoms with Crippen LogP contribution in [0.3, 0.4) is 0 Å². The van der Waals surface area contributed by atoms with Crippen molar-refractivity contribution in [3.8, 4) is 5.69 Å². The minimum atomic E-state index is 0.495. The molecule has 1 aromatic heterocycles. The van der Waals surface area contributed by atoms with Crippen LogP contribution in [0.25, 0.3) is 5.69 Å². The molecule has 0 spiro atoms. The summed E-state index contributed by atoms with van der Waals surface area (Å²) in [6.07, 6.45) is 1.90. The molecular weight excluding hydrogens is 325 g/mol. The van der Waals surface area contributed by atoms with Crippen LogP contribution in [-0.4, -0.2) is 16.6 Å². The highest BCUT2D eigenvalue weighted by atomic mass is 79.9. The number of hydrogen-bond acceptors (Lipinski definition) is 2. The standard InChI is InChI=1S/C11H10BrCl2N3/c1-6-5-17(11(15-2)16-6)8-4-3-7(12)9(13)10(8)14/h3-5H,1-2H3,(H,15,16). The van der Waals surface area contributed by atoms with E-state index in [1.165, 1.54) is 0 Å². The molecule has 0 saturated carbocycles. The quantitative estimate of drug-likeness (QED) is 0.830. The molecule has 3 nitrogen and oxygen atoms in total. The summed E-state index contributed by atoms with van der Waals surface area (Å²) in [7, 11) is 1.81. The van der Waals surface area contributed by atoms with Crippen LogP contribution in [0.2, 0.25) is 10.0 Å². The fourth-order valence-electron chi connectivity index (χ4n) is 1.56. The normalized spacial score (nSPS) is 10.6. The third-order valence-corrected chi connectivity index (χ3v) is 4.09. The second-order valence-corrected chi connectivity index (χ2v) is 5.13. The maximum Gasteiger partial charge on any atom is 0.207 e. The van der Waals surface area contributed by atoms with Gasteiger partial charge in [0.25, 0.3) is 0 Å². The average molecular weight is 335 g/mol. The van der Waals surface area contributed by atoms with E-state index in [0.717, 1.165) is 21.8 Å². The summed E-state index contributed by atoms with van der Waals surface area (Å²) in [5.74, 6) is 0.725. The van der Waals surface area contributed by atoms with Crippen LogP contribution < -0.4 is 5.32 Å². The lowest BCUT2D eigenvalue weighted by molar-refractivity contribution is 1.05. The Bertz CT molecular complexity index is 566. The van der Waals surface area contributed by atoms with Crippen LogP contribution in [0.1, 0.15) is 5.69 Å². The van der Waals surface area contributed by atoms with Gasteiger partial charge in [-0.1, -0.05) is 23.2 Å². The summed E-state index contributed by atoms with van der Waals surface area (Å²) >= 11 is 15.7.